The van der Waals surface area contributed by atoms with Gasteiger partial charge in [0, 0.05) is 25.1 Å². The fourth-order valence-electron chi connectivity index (χ4n) is 1.08. The summed E-state index contributed by atoms with van der Waals surface area (Å²) in [4.78, 5) is 31.4. The van der Waals surface area contributed by atoms with E-state index in [4.69, 9.17) is 4.74 Å². The Morgan fingerprint density at radius 1 is 1.25 bits per heavy atom. The number of carbonyl (C=O) groups excluding carboxylic acids is 2. The summed E-state index contributed by atoms with van der Waals surface area (Å²) in [6.45, 7) is 4.74. The van der Waals surface area contributed by atoms with E-state index in [0.717, 1.165) is 0 Å². The molecule has 1 rings (SSSR count). The molecular formula is C13H14O6Zn. The molecule has 0 aromatic heterocycles. The van der Waals surface area contributed by atoms with Crippen molar-refractivity contribution in [2.24, 2.45) is 0 Å². The van der Waals surface area contributed by atoms with E-state index in [0.29, 0.717) is 0 Å². The summed E-state index contributed by atoms with van der Waals surface area (Å²) in [5, 5.41) is 9.38. The van der Waals surface area contributed by atoms with Crippen LogP contribution in [0.5, 0.6) is 5.75 Å². The van der Waals surface area contributed by atoms with Gasteiger partial charge >= 0.3 is 11.9 Å². The number of para-hydroxylation sites is 1. The third-order valence-corrected chi connectivity index (χ3v) is 2.01. The molecular weight excluding hydrogens is 318 g/mol. The van der Waals surface area contributed by atoms with Crippen LogP contribution in [-0.4, -0.2) is 30.3 Å². The maximum atomic E-state index is 11.4. The number of esters is 1. The van der Waals surface area contributed by atoms with E-state index in [-0.39, 0.29) is 49.6 Å². The summed E-state index contributed by atoms with van der Waals surface area (Å²) in [5.74, 6) is -1.58. The predicted octanol–water partition coefficient (Wildman–Crippen LogP) is 1.60. The third-order valence-electron chi connectivity index (χ3n) is 2.01. The topological polar surface area (TPSA) is 82.1 Å². The Hall–Kier alpha value is -1.72. The third kappa shape index (κ3) is 5.95. The van der Waals surface area contributed by atoms with Crippen LogP contribution in [0.3, 0.4) is 0 Å². The molecule has 1 aromatic rings. The maximum absolute atomic E-state index is 11.4. The number of carbonyl (C=O) groups is 2. The van der Waals surface area contributed by atoms with Crippen molar-refractivity contribution in [3.05, 3.63) is 42.0 Å². The van der Waals surface area contributed by atoms with Crippen molar-refractivity contribution in [3.8, 4) is 5.75 Å². The molecule has 0 saturated heterocycles. The van der Waals surface area contributed by atoms with Crippen molar-refractivity contribution in [2.45, 2.75) is 6.92 Å². The number of benzene rings is 1. The number of hydrogen-bond acceptors (Lipinski definition) is 6. The molecule has 0 unspecified atom stereocenters. The van der Waals surface area contributed by atoms with E-state index in [1.165, 1.54) is 19.1 Å². The van der Waals surface area contributed by atoms with Gasteiger partial charge in [0.1, 0.15) is 24.5 Å². The van der Waals surface area contributed by atoms with Gasteiger partial charge in [0.2, 0.25) is 0 Å². The van der Waals surface area contributed by atoms with Crippen molar-refractivity contribution in [1.82, 2.24) is 0 Å². The van der Waals surface area contributed by atoms with E-state index in [2.05, 4.69) is 16.4 Å². The maximum Gasteiger partial charge on any atom is 0.376 e. The molecule has 0 radical (unpaired) electrons. The molecule has 7 heteroatoms. The molecule has 0 aliphatic heterocycles. The van der Waals surface area contributed by atoms with Crippen LogP contribution in [0.1, 0.15) is 17.3 Å². The molecule has 0 bridgehead atoms. The molecule has 1 aromatic carbocycles. The Balaban J connectivity index is 0.00000361. The quantitative estimate of drug-likeness (QED) is 0.213. The summed E-state index contributed by atoms with van der Waals surface area (Å²) in [6.07, 6.45) is 0. The van der Waals surface area contributed by atoms with E-state index in [1.54, 1.807) is 12.1 Å². The summed E-state index contributed by atoms with van der Waals surface area (Å²) >= 11 is 0. The van der Waals surface area contributed by atoms with E-state index >= 15 is 0 Å². The fourth-order valence-corrected chi connectivity index (χ4v) is 1.08. The molecule has 6 nitrogen and oxygen atoms in total. The first-order valence-corrected chi connectivity index (χ1v) is 5.47. The first kappa shape index (κ1) is 18.3. The first-order chi connectivity index (χ1) is 9.02. The van der Waals surface area contributed by atoms with Crippen LogP contribution in [-0.2, 0) is 38.8 Å². The largest absolute Gasteiger partial charge is 0.507 e. The van der Waals surface area contributed by atoms with Gasteiger partial charge < -0.3 is 9.84 Å². The van der Waals surface area contributed by atoms with E-state index in [9.17, 15) is 14.7 Å². The monoisotopic (exact) mass is 330 g/mol. The zero-order chi connectivity index (χ0) is 14.3. The molecule has 104 valence electrons. The Kier molecular flexibility index (Phi) is 8.44. The SMILES string of the molecule is C=C(C)C(=O)OCCOOC(=O)c1ccccc1O.[Zn]. The molecule has 0 spiro atoms. The van der Waals surface area contributed by atoms with Crippen molar-refractivity contribution in [3.63, 3.8) is 0 Å². The minimum atomic E-state index is -0.829. The van der Waals surface area contributed by atoms with Gasteiger partial charge in [0.15, 0.2) is 0 Å². The Labute approximate surface area is 129 Å². The molecule has 0 aliphatic carbocycles. The van der Waals surface area contributed by atoms with Gasteiger partial charge in [-0.1, -0.05) is 18.7 Å². The second kappa shape index (κ2) is 9.23. The van der Waals surface area contributed by atoms with Crippen LogP contribution in [0.15, 0.2) is 36.4 Å². The van der Waals surface area contributed by atoms with Gasteiger partial charge in [-0.2, -0.15) is 4.89 Å². The molecule has 0 aliphatic rings. The number of rotatable bonds is 6. The Morgan fingerprint density at radius 3 is 2.50 bits per heavy atom. The smallest absolute Gasteiger partial charge is 0.376 e. The summed E-state index contributed by atoms with van der Waals surface area (Å²) in [6, 6.07) is 5.89. The van der Waals surface area contributed by atoms with Crippen molar-refractivity contribution >= 4 is 11.9 Å². The number of aromatic hydroxyl groups is 1. The summed E-state index contributed by atoms with van der Waals surface area (Å²) < 4.78 is 4.71. The average molecular weight is 332 g/mol. The van der Waals surface area contributed by atoms with Gasteiger partial charge in [-0.3, -0.25) is 4.89 Å². The minimum absolute atomic E-state index is 0. The second-order valence-corrected chi connectivity index (χ2v) is 3.63. The van der Waals surface area contributed by atoms with Crippen molar-refractivity contribution in [2.75, 3.05) is 13.2 Å². The van der Waals surface area contributed by atoms with Crippen LogP contribution in [0, 0.1) is 0 Å². The zero-order valence-electron chi connectivity index (χ0n) is 11.1. The van der Waals surface area contributed by atoms with Crippen LogP contribution in [0.2, 0.25) is 0 Å². The number of phenols is 1. The normalized spacial score (nSPS) is 9.25. The predicted molar refractivity (Wildman–Crippen MR) is 65.2 cm³/mol. The van der Waals surface area contributed by atoms with Crippen LogP contribution < -0.4 is 0 Å². The Bertz CT molecular complexity index is 486. The summed E-state index contributed by atoms with van der Waals surface area (Å²) in [7, 11) is 0. The number of hydrogen-bond donors (Lipinski definition) is 1. The molecule has 0 saturated carbocycles. The molecule has 20 heavy (non-hydrogen) atoms. The zero-order valence-corrected chi connectivity index (χ0v) is 14.1. The molecule has 1 N–H and O–H groups in total. The minimum Gasteiger partial charge on any atom is -0.507 e. The fraction of sp³-hybridized carbons (Fsp3) is 0.231. The van der Waals surface area contributed by atoms with Gasteiger partial charge in [0.25, 0.3) is 0 Å². The summed E-state index contributed by atoms with van der Waals surface area (Å²) in [5.41, 5.74) is 0.257. The van der Waals surface area contributed by atoms with E-state index in [1.807, 2.05) is 0 Å². The van der Waals surface area contributed by atoms with Gasteiger partial charge in [0.05, 0.1) is 0 Å². The Morgan fingerprint density at radius 2 is 1.90 bits per heavy atom. The van der Waals surface area contributed by atoms with Crippen LogP contribution >= 0.6 is 0 Å². The second-order valence-electron chi connectivity index (χ2n) is 3.63. The standard InChI is InChI=1S/C13H14O6.Zn/c1-9(2)12(15)17-7-8-18-19-13(16)10-5-3-4-6-11(10)14;/h3-6,14H,1,7-8H2,2H3;. The first-order valence-electron chi connectivity index (χ1n) is 5.47. The van der Waals surface area contributed by atoms with Gasteiger partial charge in [-0.05, 0) is 19.1 Å². The van der Waals surface area contributed by atoms with Crippen molar-refractivity contribution < 1.29 is 48.7 Å². The van der Waals surface area contributed by atoms with Crippen LogP contribution in [0.25, 0.3) is 0 Å². The van der Waals surface area contributed by atoms with E-state index < -0.39 is 11.9 Å². The number of ether oxygens (including phenoxy) is 1. The average Bonchev–Trinajstić information content (AvgIpc) is 2.38. The van der Waals surface area contributed by atoms with Crippen LogP contribution in [0.4, 0.5) is 0 Å². The molecule has 0 atom stereocenters. The molecule has 0 heterocycles. The van der Waals surface area contributed by atoms with Crippen molar-refractivity contribution in [1.29, 1.82) is 0 Å². The van der Waals surface area contributed by atoms with Gasteiger partial charge in [-0.15, -0.1) is 0 Å². The van der Waals surface area contributed by atoms with Gasteiger partial charge in [-0.25, -0.2) is 9.59 Å². The number of phenolic OH excluding ortho intramolecular Hbond substituents is 1. The molecule has 0 amide bonds. The molecule has 0 fully saturated rings.